The van der Waals surface area contributed by atoms with Crippen molar-refractivity contribution in [2.45, 2.75) is 13.0 Å². The second kappa shape index (κ2) is 7.23. The molecule has 20 heavy (non-hydrogen) atoms. The zero-order valence-electron chi connectivity index (χ0n) is 11.1. The number of hydrogen-bond donors (Lipinski definition) is 2. The fourth-order valence-electron chi connectivity index (χ4n) is 1.69. The van der Waals surface area contributed by atoms with Crippen molar-refractivity contribution in [3.8, 4) is 0 Å². The fraction of sp³-hybridized carbons (Fsp3) is 0.200. The van der Waals surface area contributed by atoms with Crippen molar-refractivity contribution in [3.63, 3.8) is 0 Å². The number of nitrogens with one attached hydrogen (secondary N) is 1. The second-order valence-electron chi connectivity index (χ2n) is 4.33. The molecule has 0 aliphatic carbocycles. The largest absolute Gasteiger partial charge is 0.370 e. The van der Waals surface area contributed by atoms with E-state index in [0.29, 0.717) is 19.0 Å². The number of rotatable bonds is 5. The quantitative estimate of drug-likeness (QED) is 0.645. The molecule has 0 fully saturated rings. The lowest BCUT2D eigenvalue weighted by Gasteiger charge is -2.05. The van der Waals surface area contributed by atoms with Gasteiger partial charge in [-0.25, -0.2) is 9.38 Å². The van der Waals surface area contributed by atoms with Crippen molar-refractivity contribution in [3.05, 3.63) is 65.7 Å². The van der Waals surface area contributed by atoms with Crippen molar-refractivity contribution in [2.75, 3.05) is 6.54 Å². The molecule has 0 radical (unpaired) electrons. The maximum absolute atomic E-state index is 12.7. The van der Waals surface area contributed by atoms with Gasteiger partial charge in [-0.05, 0) is 29.8 Å². The standard InChI is InChI=1S/C15H17FN4/c16-13-6-4-12(5-7-13)11-20-15(17)19-10-8-14-3-1-2-9-18-14/h1-7,9H,8,10-11H2,(H3,17,19,20). The first-order valence-corrected chi connectivity index (χ1v) is 6.42. The Hall–Kier alpha value is -2.43. The van der Waals surface area contributed by atoms with Gasteiger partial charge in [0.25, 0.3) is 0 Å². The zero-order valence-corrected chi connectivity index (χ0v) is 11.1. The number of aromatic nitrogens is 1. The lowest BCUT2D eigenvalue weighted by atomic mass is 10.2. The lowest BCUT2D eigenvalue weighted by Crippen LogP contribution is -2.33. The van der Waals surface area contributed by atoms with Gasteiger partial charge in [-0.2, -0.15) is 0 Å². The van der Waals surface area contributed by atoms with Crippen LogP contribution in [0.25, 0.3) is 0 Å². The number of nitrogens with two attached hydrogens (primary N) is 1. The van der Waals surface area contributed by atoms with Crippen molar-refractivity contribution < 1.29 is 4.39 Å². The molecule has 1 aromatic heterocycles. The Morgan fingerprint density at radius 3 is 2.70 bits per heavy atom. The summed E-state index contributed by atoms with van der Waals surface area (Å²) in [4.78, 5) is 8.42. The third kappa shape index (κ3) is 4.68. The highest BCUT2D eigenvalue weighted by molar-refractivity contribution is 5.77. The summed E-state index contributed by atoms with van der Waals surface area (Å²) in [6, 6.07) is 12.0. The van der Waals surface area contributed by atoms with E-state index in [1.165, 1.54) is 12.1 Å². The highest BCUT2D eigenvalue weighted by Gasteiger charge is 1.96. The summed E-state index contributed by atoms with van der Waals surface area (Å²) in [5, 5.41) is 3.03. The third-order valence-corrected chi connectivity index (χ3v) is 2.76. The van der Waals surface area contributed by atoms with Crippen LogP contribution in [-0.4, -0.2) is 17.5 Å². The maximum Gasteiger partial charge on any atom is 0.188 e. The van der Waals surface area contributed by atoms with Gasteiger partial charge >= 0.3 is 0 Å². The maximum atomic E-state index is 12.7. The molecular formula is C15H17FN4. The highest BCUT2D eigenvalue weighted by atomic mass is 19.1. The molecule has 0 saturated heterocycles. The number of benzene rings is 1. The number of halogens is 1. The number of aliphatic imine (C=N–C) groups is 1. The normalized spacial score (nSPS) is 11.3. The smallest absolute Gasteiger partial charge is 0.188 e. The summed E-state index contributed by atoms with van der Waals surface area (Å²) in [5.74, 6) is 0.129. The lowest BCUT2D eigenvalue weighted by molar-refractivity contribution is 0.627. The molecule has 0 unspecified atom stereocenters. The molecule has 0 spiro atoms. The SMILES string of the molecule is NC(=NCc1ccc(F)cc1)NCCc1ccccn1. The Kier molecular flexibility index (Phi) is 5.06. The van der Waals surface area contributed by atoms with Crippen LogP contribution in [0.3, 0.4) is 0 Å². The van der Waals surface area contributed by atoms with Crippen LogP contribution in [0.1, 0.15) is 11.3 Å². The van der Waals surface area contributed by atoms with E-state index in [1.807, 2.05) is 18.2 Å². The van der Waals surface area contributed by atoms with Gasteiger partial charge in [0.1, 0.15) is 5.82 Å². The van der Waals surface area contributed by atoms with Crippen molar-refractivity contribution in [1.29, 1.82) is 0 Å². The molecule has 0 aliphatic heterocycles. The number of nitrogens with zero attached hydrogens (tertiary/aromatic N) is 2. The average molecular weight is 272 g/mol. The van der Waals surface area contributed by atoms with Gasteiger partial charge in [0.2, 0.25) is 0 Å². The fourth-order valence-corrected chi connectivity index (χ4v) is 1.69. The van der Waals surface area contributed by atoms with E-state index in [2.05, 4.69) is 15.3 Å². The molecule has 0 bridgehead atoms. The van der Waals surface area contributed by atoms with Crippen LogP contribution in [0.5, 0.6) is 0 Å². The van der Waals surface area contributed by atoms with Crippen LogP contribution in [0.2, 0.25) is 0 Å². The summed E-state index contributed by atoms with van der Waals surface area (Å²) in [6.45, 7) is 1.11. The predicted octanol–water partition coefficient (Wildman–Crippen LogP) is 1.87. The topological polar surface area (TPSA) is 63.3 Å². The van der Waals surface area contributed by atoms with E-state index in [4.69, 9.17) is 5.73 Å². The summed E-state index contributed by atoms with van der Waals surface area (Å²) in [6.07, 6.45) is 2.55. The van der Waals surface area contributed by atoms with Crippen molar-refractivity contribution in [1.82, 2.24) is 10.3 Å². The first-order valence-electron chi connectivity index (χ1n) is 6.42. The van der Waals surface area contributed by atoms with Gasteiger partial charge in [-0.3, -0.25) is 4.98 Å². The van der Waals surface area contributed by atoms with Crippen LogP contribution < -0.4 is 11.1 Å². The van der Waals surface area contributed by atoms with Crippen LogP contribution in [0.4, 0.5) is 4.39 Å². The number of hydrogen-bond acceptors (Lipinski definition) is 2. The monoisotopic (exact) mass is 272 g/mol. The van der Waals surface area contributed by atoms with E-state index >= 15 is 0 Å². The molecule has 4 nitrogen and oxygen atoms in total. The predicted molar refractivity (Wildman–Crippen MR) is 77.7 cm³/mol. The van der Waals surface area contributed by atoms with Crippen molar-refractivity contribution in [2.24, 2.45) is 10.7 Å². The van der Waals surface area contributed by atoms with E-state index in [-0.39, 0.29) is 5.82 Å². The number of guanidine groups is 1. The first-order chi connectivity index (χ1) is 9.74. The van der Waals surface area contributed by atoms with E-state index < -0.39 is 0 Å². The van der Waals surface area contributed by atoms with Gasteiger partial charge in [0.15, 0.2) is 5.96 Å². The van der Waals surface area contributed by atoms with Crippen molar-refractivity contribution >= 4 is 5.96 Å². The minimum atomic E-state index is -0.251. The molecule has 2 rings (SSSR count). The average Bonchev–Trinajstić information content (AvgIpc) is 2.48. The van der Waals surface area contributed by atoms with Gasteiger partial charge in [0.05, 0.1) is 6.54 Å². The molecule has 104 valence electrons. The highest BCUT2D eigenvalue weighted by Crippen LogP contribution is 2.03. The first kappa shape index (κ1) is 14.0. The Bertz CT molecular complexity index is 552. The van der Waals surface area contributed by atoms with Crippen LogP contribution in [-0.2, 0) is 13.0 Å². The third-order valence-electron chi connectivity index (χ3n) is 2.76. The van der Waals surface area contributed by atoms with Crippen LogP contribution in [0, 0.1) is 5.82 Å². The summed E-state index contributed by atoms with van der Waals surface area (Å²) in [5.41, 5.74) is 7.68. The second-order valence-corrected chi connectivity index (χ2v) is 4.33. The summed E-state index contributed by atoms with van der Waals surface area (Å²) < 4.78 is 12.7. The van der Waals surface area contributed by atoms with E-state index in [9.17, 15) is 4.39 Å². The number of pyridine rings is 1. The van der Waals surface area contributed by atoms with Crippen LogP contribution in [0.15, 0.2) is 53.7 Å². The summed E-state index contributed by atoms with van der Waals surface area (Å²) >= 11 is 0. The zero-order chi connectivity index (χ0) is 14.2. The van der Waals surface area contributed by atoms with Gasteiger partial charge < -0.3 is 11.1 Å². The molecule has 0 saturated carbocycles. The Labute approximate surface area is 117 Å². The molecule has 5 heteroatoms. The molecule has 1 aromatic carbocycles. The van der Waals surface area contributed by atoms with Gasteiger partial charge in [-0.15, -0.1) is 0 Å². The van der Waals surface area contributed by atoms with Gasteiger partial charge in [-0.1, -0.05) is 18.2 Å². The molecule has 3 N–H and O–H groups in total. The molecule has 0 atom stereocenters. The van der Waals surface area contributed by atoms with Gasteiger partial charge in [0, 0.05) is 24.9 Å². The molecule has 0 amide bonds. The Balaban J connectivity index is 1.75. The van der Waals surface area contributed by atoms with E-state index in [1.54, 1.807) is 18.3 Å². The molecule has 2 aromatic rings. The Morgan fingerprint density at radius 1 is 1.20 bits per heavy atom. The van der Waals surface area contributed by atoms with Crippen LogP contribution >= 0.6 is 0 Å². The van der Waals surface area contributed by atoms with E-state index in [0.717, 1.165) is 17.7 Å². The Morgan fingerprint density at radius 2 is 2.00 bits per heavy atom. The molecule has 1 heterocycles. The summed E-state index contributed by atoms with van der Waals surface area (Å²) in [7, 11) is 0. The molecule has 0 aliphatic rings. The molecular weight excluding hydrogens is 255 g/mol. The minimum absolute atomic E-state index is 0.251. The minimum Gasteiger partial charge on any atom is -0.370 e.